The molecule has 0 spiro atoms. The second-order valence-electron chi connectivity index (χ2n) is 5.48. The second-order valence-corrected chi connectivity index (χ2v) is 6.49. The van der Waals surface area contributed by atoms with E-state index in [1.807, 2.05) is 61.5 Å². The summed E-state index contributed by atoms with van der Waals surface area (Å²) >= 11 is 1.44. The smallest absolute Gasteiger partial charge is 0.250 e. The van der Waals surface area contributed by atoms with Gasteiger partial charge in [0.1, 0.15) is 0 Å². The quantitative estimate of drug-likeness (QED) is 0.320. The predicted molar refractivity (Wildman–Crippen MR) is 104 cm³/mol. The lowest BCUT2D eigenvalue weighted by atomic mass is 10.1. The summed E-state index contributed by atoms with van der Waals surface area (Å²) < 4.78 is 0. The Bertz CT molecular complexity index is 934. The number of nitrogens with one attached hydrogen (secondary N) is 1. The monoisotopic (exact) mass is 350 g/mol. The maximum atomic E-state index is 12.1. The number of thioether (sulfide) groups is 1. The molecule has 6 heteroatoms. The average Bonchev–Trinajstić information content (AvgIpc) is 2.64. The van der Waals surface area contributed by atoms with Crippen LogP contribution in [0.1, 0.15) is 12.5 Å². The molecule has 0 radical (unpaired) electrons. The Kier molecular flexibility index (Phi) is 5.30. The van der Waals surface area contributed by atoms with Gasteiger partial charge in [0.2, 0.25) is 5.91 Å². The van der Waals surface area contributed by atoms with Crippen LogP contribution in [0.5, 0.6) is 0 Å². The van der Waals surface area contributed by atoms with Gasteiger partial charge in [-0.25, -0.2) is 5.43 Å². The molecule has 0 aliphatic carbocycles. The molecule has 1 heterocycles. The molecule has 3 N–H and O–H groups in total. The minimum atomic E-state index is -0.166. The number of hydrogen-bond acceptors (Lipinski definition) is 5. The van der Waals surface area contributed by atoms with Gasteiger partial charge in [-0.3, -0.25) is 9.78 Å². The van der Waals surface area contributed by atoms with E-state index in [0.717, 1.165) is 21.4 Å². The molecule has 3 aromatic rings. The van der Waals surface area contributed by atoms with Gasteiger partial charge < -0.3 is 5.73 Å². The number of hydrogen-bond donors (Lipinski definition) is 2. The molecule has 1 amide bonds. The maximum Gasteiger partial charge on any atom is 0.250 e. The lowest BCUT2D eigenvalue weighted by Gasteiger charge is -2.06. The zero-order valence-corrected chi connectivity index (χ0v) is 14.6. The molecule has 0 unspecified atom stereocenters. The number of anilines is 1. The number of carbonyl (C=O) groups is 1. The maximum absolute atomic E-state index is 12.1. The number of nitrogen functional groups attached to an aromatic ring is 1. The highest BCUT2D eigenvalue weighted by Crippen LogP contribution is 2.25. The fourth-order valence-corrected chi connectivity index (χ4v) is 3.18. The lowest BCUT2D eigenvalue weighted by molar-refractivity contribution is -0.118. The summed E-state index contributed by atoms with van der Waals surface area (Å²) in [4.78, 5) is 17.4. The number of aromatic nitrogens is 1. The van der Waals surface area contributed by atoms with E-state index < -0.39 is 0 Å². The van der Waals surface area contributed by atoms with Crippen LogP contribution in [0.2, 0.25) is 0 Å². The number of rotatable bonds is 5. The van der Waals surface area contributed by atoms with Crippen molar-refractivity contribution < 1.29 is 4.79 Å². The SMILES string of the molecule is C/C(=N/NC(=O)CSc1cccc2cccnc12)c1cccc(N)c1. The number of carbonyl (C=O) groups excluding carboxylic acids is 1. The van der Waals surface area contributed by atoms with Crippen LogP contribution in [0.4, 0.5) is 5.69 Å². The van der Waals surface area contributed by atoms with Gasteiger partial charge in [0, 0.05) is 22.2 Å². The molecule has 126 valence electrons. The summed E-state index contributed by atoms with van der Waals surface area (Å²) in [6, 6.07) is 17.2. The van der Waals surface area contributed by atoms with Gasteiger partial charge in [-0.05, 0) is 36.8 Å². The predicted octanol–water partition coefficient (Wildman–Crippen LogP) is 3.45. The number of amides is 1. The Balaban J connectivity index is 1.62. The van der Waals surface area contributed by atoms with Gasteiger partial charge in [0.15, 0.2) is 0 Å². The van der Waals surface area contributed by atoms with Crippen LogP contribution in [0.25, 0.3) is 10.9 Å². The van der Waals surface area contributed by atoms with E-state index in [1.54, 1.807) is 6.20 Å². The van der Waals surface area contributed by atoms with Gasteiger partial charge >= 0.3 is 0 Å². The summed E-state index contributed by atoms with van der Waals surface area (Å²) in [7, 11) is 0. The fraction of sp³-hybridized carbons (Fsp3) is 0.105. The number of hydrazone groups is 1. The van der Waals surface area contributed by atoms with Crippen LogP contribution < -0.4 is 11.2 Å². The normalized spacial score (nSPS) is 11.5. The lowest BCUT2D eigenvalue weighted by Crippen LogP contribution is -2.21. The molecule has 1 aromatic heterocycles. The van der Waals surface area contributed by atoms with Crippen molar-refractivity contribution >= 4 is 40.0 Å². The molecular weight excluding hydrogens is 332 g/mol. The van der Waals surface area contributed by atoms with Crippen molar-refractivity contribution in [2.75, 3.05) is 11.5 Å². The second kappa shape index (κ2) is 7.81. The Morgan fingerprint density at radius 2 is 2.00 bits per heavy atom. The molecule has 25 heavy (non-hydrogen) atoms. The van der Waals surface area contributed by atoms with Crippen molar-refractivity contribution in [3.63, 3.8) is 0 Å². The highest BCUT2D eigenvalue weighted by Gasteiger charge is 2.06. The summed E-state index contributed by atoms with van der Waals surface area (Å²) in [5, 5.41) is 5.20. The third kappa shape index (κ3) is 4.36. The number of pyridine rings is 1. The number of benzene rings is 2. The summed E-state index contributed by atoms with van der Waals surface area (Å²) in [6.45, 7) is 1.83. The van der Waals surface area contributed by atoms with Crippen LogP contribution in [0.3, 0.4) is 0 Å². The summed E-state index contributed by atoms with van der Waals surface area (Å²) in [6.07, 6.45) is 1.76. The van der Waals surface area contributed by atoms with E-state index >= 15 is 0 Å². The zero-order valence-electron chi connectivity index (χ0n) is 13.8. The Hall–Kier alpha value is -2.86. The van der Waals surface area contributed by atoms with E-state index in [1.165, 1.54) is 11.8 Å². The molecule has 0 saturated carbocycles. The van der Waals surface area contributed by atoms with Gasteiger partial charge in [-0.2, -0.15) is 5.10 Å². The first-order chi connectivity index (χ1) is 12.1. The van der Waals surface area contributed by atoms with Crippen LogP contribution in [0, 0.1) is 0 Å². The van der Waals surface area contributed by atoms with Crippen LogP contribution in [-0.4, -0.2) is 22.4 Å². The van der Waals surface area contributed by atoms with Gasteiger partial charge in [-0.15, -0.1) is 11.8 Å². The van der Waals surface area contributed by atoms with Crippen molar-refractivity contribution in [3.05, 3.63) is 66.4 Å². The van der Waals surface area contributed by atoms with Crippen molar-refractivity contribution in [2.45, 2.75) is 11.8 Å². The Morgan fingerprint density at radius 1 is 1.20 bits per heavy atom. The number of fused-ring (bicyclic) bond motifs is 1. The minimum absolute atomic E-state index is 0.166. The molecule has 3 rings (SSSR count). The third-order valence-electron chi connectivity index (χ3n) is 3.61. The molecule has 0 saturated heterocycles. The first kappa shape index (κ1) is 17.0. The molecule has 0 atom stereocenters. The highest BCUT2D eigenvalue weighted by atomic mass is 32.2. The molecule has 2 aromatic carbocycles. The summed E-state index contributed by atoms with van der Waals surface area (Å²) in [5.74, 6) is 0.102. The van der Waals surface area contributed by atoms with Gasteiger partial charge in [-0.1, -0.05) is 30.3 Å². The van der Waals surface area contributed by atoms with E-state index in [4.69, 9.17) is 5.73 Å². The standard InChI is InChI=1S/C19H18N4OS/c1-13(15-6-2-8-16(20)11-15)22-23-18(24)12-25-17-9-3-5-14-7-4-10-21-19(14)17/h2-11H,12,20H2,1H3,(H,23,24)/b22-13-. The van der Waals surface area contributed by atoms with E-state index in [2.05, 4.69) is 15.5 Å². The topological polar surface area (TPSA) is 80.4 Å². The number of nitrogens with zero attached hydrogens (tertiary/aromatic N) is 2. The van der Waals surface area contributed by atoms with E-state index in [-0.39, 0.29) is 11.7 Å². The number of para-hydroxylation sites is 1. The van der Waals surface area contributed by atoms with Crippen molar-refractivity contribution in [1.82, 2.24) is 10.4 Å². The van der Waals surface area contributed by atoms with Crippen LogP contribution in [-0.2, 0) is 4.79 Å². The van der Waals surface area contributed by atoms with Crippen molar-refractivity contribution in [3.8, 4) is 0 Å². The molecule has 0 fully saturated rings. The van der Waals surface area contributed by atoms with E-state index in [0.29, 0.717) is 11.4 Å². The Labute approximate surface area is 150 Å². The molecule has 0 aliphatic rings. The number of nitrogens with two attached hydrogens (primary N) is 1. The fourth-order valence-electron chi connectivity index (χ4n) is 2.34. The molecular formula is C19H18N4OS. The molecule has 0 aliphatic heterocycles. The minimum Gasteiger partial charge on any atom is -0.399 e. The molecule has 0 bridgehead atoms. The average molecular weight is 350 g/mol. The van der Waals surface area contributed by atoms with Crippen LogP contribution >= 0.6 is 11.8 Å². The first-order valence-corrected chi connectivity index (χ1v) is 8.77. The first-order valence-electron chi connectivity index (χ1n) is 7.79. The third-order valence-corrected chi connectivity index (χ3v) is 4.65. The largest absolute Gasteiger partial charge is 0.399 e. The van der Waals surface area contributed by atoms with Gasteiger partial charge in [0.25, 0.3) is 0 Å². The molecule has 5 nitrogen and oxygen atoms in total. The van der Waals surface area contributed by atoms with Crippen LogP contribution in [0.15, 0.2) is 70.8 Å². The zero-order chi connectivity index (χ0) is 17.6. The van der Waals surface area contributed by atoms with Gasteiger partial charge in [0.05, 0.1) is 17.0 Å². The van der Waals surface area contributed by atoms with E-state index in [9.17, 15) is 4.79 Å². The van der Waals surface area contributed by atoms with Crippen molar-refractivity contribution in [2.24, 2.45) is 5.10 Å². The summed E-state index contributed by atoms with van der Waals surface area (Å²) in [5.41, 5.74) is 11.5. The highest BCUT2D eigenvalue weighted by molar-refractivity contribution is 8.00. The van der Waals surface area contributed by atoms with Crippen molar-refractivity contribution in [1.29, 1.82) is 0 Å². The Morgan fingerprint density at radius 3 is 2.84 bits per heavy atom.